The molecule has 0 saturated heterocycles. The topological polar surface area (TPSA) is 34.1 Å². The van der Waals surface area contributed by atoms with E-state index in [9.17, 15) is 8.42 Å². The average molecular weight is 850 g/mol. The molecule has 2 nitrogen and oxygen atoms in total. The molecule has 0 amide bonds. The Labute approximate surface area is 224 Å². The minimum absolute atomic E-state index is 0.801. The monoisotopic (exact) mass is 850 g/mol. The van der Waals surface area contributed by atoms with Crippen LogP contribution in [0.15, 0.2) is 84.9 Å². The second-order valence-corrected chi connectivity index (χ2v) is 22.4. The maximum absolute atomic E-state index is 14.1. The highest BCUT2D eigenvalue weighted by Gasteiger charge is 2.54. The van der Waals surface area contributed by atoms with Crippen LogP contribution in [0, 0.1) is 0 Å². The molecule has 0 aliphatic heterocycles. The van der Waals surface area contributed by atoms with E-state index in [2.05, 4.69) is 90.4 Å². The van der Waals surface area contributed by atoms with E-state index in [0.717, 1.165) is 32.7 Å². The van der Waals surface area contributed by atoms with Gasteiger partial charge in [-0.1, -0.05) is 84.9 Å². The normalized spacial score (nSPS) is 13.1. The molecule has 0 aromatic heterocycles. The van der Waals surface area contributed by atoms with E-state index in [1.807, 2.05) is 84.9 Å². The molecule has 0 saturated carbocycles. The van der Waals surface area contributed by atoms with Gasteiger partial charge in [-0.2, -0.15) is 0 Å². The third-order valence-corrected chi connectivity index (χ3v) is 16.0. The van der Waals surface area contributed by atoms with E-state index < -0.39 is 11.4 Å². The quantitative estimate of drug-likeness (QED) is 0.154. The first-order valence-electron chi connectivity index (χ1n) is 8.64. The SMILES string of the molecule is O=S(=O)(C(I)(I)c1cccc2ccccc12)C(I)(I)c1cccc2ccccc12. The van der Waals surface area contributed by atoms with Gasteiger partial charge in [0.1, 0.15) is 0 Å². The third kappa shape index (κ3) is 3.74. The van der Waals surface area contributed by atoms with Gasteiger partial charge in [0, 0.05) is 11.1 Å². The number of benzene rings is 4. The van der Waals surface area contributed by atoms with Crippen LogP contribution in [0.2, 0.25) is 0 Å². The number of alkyl halides is 4. The molecule has 0 atom stereocenters. The maximum atomic E-state index is 14.1. The Balaban J connectivity index is 1.95. The van der Waals surface area contributed by atoms with Crippen LogP contribution in [0.3, 0.4) is 0 Å². The van der Waals surface area contributed by atoms with Gasteiger partial charge in [0.2, 0.25) is 11.4 Å². The van der Waals surface area contributed by atoms with Gasteiger partial charge in [-0.05, 0) is 112 Å². The Morgan fingerprint density at radius 2 is 0.862 bits per heavy atom. The van der Waals surface area contributed by atoms with E-state index in [4.69, 9.17) is 0 Å². The number of hydrogen-bond acceptors (Lipinski definition) is 2. The molecule has 148 valence electrons. The van der Waals surface area contributed by atoms with Crippen molar-refractivity contribution in [3.8, 4) is 0 Å². The molecule has 7 heteroatoms. The second kappa shape index (κ2) is 8.32. The van der Waals surface area contributed by atoms with Crippen LogP contribution >= 0.6 is 90.4 Å². The lowest BCUT2D eigenvalue weighted by atomic mass is 10.1. The summed E-state index contributed by atoms with van der Waals surface area (Å²) in [5.41, 5.74) is 1.60. The van der Waals surface area contributed by atoms with E-state index in [0.29, 0.717) is 0 Å². The van der Waals surface area contributed by atoms with Gasteiger partial charge >= 0.3 is 0 Å². The molecule has 0 N–H and O–H groups in total. The lowest BCUT2D eigenvalue weighted by molar-refractivity contribution is 0.593. The van der Waals surface area contributed by atoms with Crippen LogP contribution in [0.25, 0.3) is 21.5 Å². The predicted molar refractivity (Wildman–Crippen MR) is 156 cm³/mol. The fourth-order valence-corrected chi connectivity index (χ4v) is 15.6. The molecule has 29 heavy (non-hydrogen) atoms. The van der Waals surface area contributed by atoms with Gasteiger partial charge in [0.05, 0.1) is 0 Å². The first-order chi connectivity index (χ1) is 13.7. The van der Waals surface area contributed by atoms with Crippen molar-refractivity contribution < 1.29 is 8.42 Å². The van der Waals surface area contributed by atoms with Crippen molar-refractivity contribution >= 4 is 122 Å². The highest BCUT2D eigenvalue weighted by Crippen LogP contribution is 2.59. The first-order valence-corrected chi connectivity index (χ1v) is 14.4. The third-order valence-electron chi connectivity index (χ3n) is 4.88. The lowest BCUT2D eigenvalue weighted by Gasteiger charge is -2.32. The molecule has 0 spiro atoms. The Morgan fingerprint density at radius 3 is 1.28 bits per heavy atom. The zero-order chi connectivity index (χ0) is 20.9. The maximum Gasteiger partial charge on any atom is 0.207 e. The van der Waals surface area contributed by atoms with Crippen molar-refractivity contribution in [3.05, 3.63) is 96.1 Å². The zero-order valence-electron chi connectivity index (χ0n) is 14.8. The zero-order valence-corrected chi connectivity index (χ0v) is 24.3. The van der Waals surface area contributed by atoms with Crippen molar-refractivity contribution in [1.82, 2.24) is 0 Å². The van der Waals surface area contributed by atoms with E-state index in [-0.39, 0.29) is 0 Å². The smallest absolute Gasteiger partial charge is 0.207 e. The van der Waals surface area contributed by atoms with E-state index in [1.54, 1.807) is 0 Å². The molecule has 0 radical (unpaired) electrons. The average Bonchev–Trinajstić information content (AvgIpc) is 2.72. The summed E-state index contributed by atoms with van der Waals surface area (Å²) in [6.07, 6.45) is 0. The summed E-state index contributed by atoms with van der Waals surface area (Å²) >= 11 is 8.39. The van der Waals surface area contributed by atoms with Crippen LogP contribution in [0.5, 0.6) is 0 Å². The fraction of sp³-hybridized carbons (Fsp3) is 0.0909. The Kier molecular flexibility index (Phi) is 6.44. The number of hydrogen-bond donors (Lipinski definition) is 0. The molecule has 4 rings (SSSR count). The summed E-state index contributed by atoms with van der Waals surface area (Å²) < 4.78 is 26.0. The summed E-state index contributed by atoms with van der Waals surface area (Å²) in [6, 6.07) is 27.6. The molecule has 4 aromatic rings. The molecular weight excluding hydrogens is 836 g/mol. The summed E-state index contributed by atoms with van der Waals surface area (Å²) in [5, 5.41) is 4.00. The van der Waals surface area contributed by atoms with Crippen molar-refractivity contribution in [3.63, 3.8) is 0 Å². The van der Waals surface area contributed by atoms with Crippen molar-refractivity contribution in [1.29, 1.82) is 0 Å². The Bertz CT molecular complexity index is 1220. The Morgan fingerprint density at radius 1 is 0.517 bits per heavy atom. The summed E-state index contributed by atoms with van der Waals surface area (Å²) in [5.74, 6) is 0. The Hall–Kier alpha value is 0.270. The van der Waals surface area contributed by atoms with Gasteiger partial charge in [-0.15, -0.1) is 0 Å². The minimum Gasteiger partial charge on any atom is -0.224 e. The molecule has 4 aromatic carbocycles. The summed E-state index contributed by atoms with van der Waals surface area (Å²) in [7, 11) is -3.68. The van der Waals surface area contributed by atoms with Crippen LogP contribution in [-0.4, -0.2) is 8.42 Å². The molecule has 0 fully saturated rings. The van der Waals surface area contributed by atoms with Gasteiger partial charge in [0.15, 0.2) is 0 Å². The van der Waals surface area contributed by atoms with Crippen molar-refractivity contribution in [2.24, 2.45) is 0 Å². The first kappa shape index (κ1) is 22.5. The molecule has 0 aliphatic carbocycles. The molecule has 0 heterocycles. The summed E-state index contributed by atoms with van der Waals surface area (Å²) in [4.78, 5) is 0. The van der Waals surface area contributed by atoms with E-state index >= 15 is 0 Å². The highest BCUT2D eigenvalue weighted by atomic mass is 127. The summed E-state index contributed by atoms with van der Waals surface area (Å²) in [6.45, 7) is 0. The largest absolute Gasteiger partial charge is 0.224 e. The number of fused-ring (bicyclic) bond motifs is 2. The van der Waals surface area contributed by atoms with Crippen molar-refractivity contribution in [2.75, 3.05) is 0 Å². The van der Waals surface area contributed by atoms with Gasteiger partial charge in [-0.25, -0.2) is 8.42 Å². The molecular formula is C22H14I4O2S. The number of rotatable bonds is 4. The predicted octanol–water partition coefficient (Wildman–Crippen LogP) is 8.07. The van der Waals surface area contributed by atoms with Gasteiger partial charge < -0.3 is 0 Å². The van der Waals surface area contributed by atoms with Crippen LogP contribution in [0.1, 0.15) is 11.1 Å². The van der Waals surface area contributed by atoms with Crippen LogP contribution in [-0.2, 0) is 11.4 Å². The highest BCUT2D eigenvalue weighted by molar-refractivity contribution is 14.2. The fourth-order valence-electron chi connectivity index (χ4n) is 3.41. The molecule has 0 aliphatic rings. The van der Waals surface area contributed by atoms with Crippen molar-refractivity contribution in [2.45, 2.75) is 1.52 Å². The standard InChI is InChI=1S/C22H14I4O2S/c23-21(24,19-13-5-9-15-7-1-3-11-17(15)19)29(27,28)22(25,26)20-14-6-10-16-8-2-4-12-18(16)20/h1-14H. The second-order valence-electron chi connectivity index (χ2n) is 6.59. The minimum atomic E-state index is -3.68. The number of halogens is 4. The van der Waals surface area contributed by atoms with Gasteiger partial charge in [-0.3, -0.25) is 0 Å². The van der Waals surface area contributed by atoms with Gasteiger partial charge in [0.25, 0.3) is 0 Å². The van der Waals surface area contributed by atoms with Crippen LogP contribution < -0.4 is 0 Å². The molecule has 0 bridgehead atoms. The molecule has 0 unspecified atom stereocenters. The van der Waals surface area contributed by atoms with E-state index in [1.165, 1.54) is 0 Å². The van der Waals surface area contributed by atoms with Crippen LogP contribution in [0.4, 0.5) is 0 Å². The lowest BCUT2D eigenvalue weighted by Crippen LogP contribution is -2.34. The number of sulfone groups is 1.